The van der Waals surface area contributed by atoms with Crippen LogP contribution in [0.4, 0.5) is 0 Å². The van der Waals surface area contributed by atoms with Gasteiger partial charge in [-0.25, -0.2) is 0 Å². The summed E-state index contributed by atoms with van der Waals surface area (Å²) in [7, 11) is 0. The van der Waals surface area contributed by atoms with Crippen LogP contribution in [-0.2, 0) is 21.5 Å². The first-order chi connectivity index (χ1) is 11.6. The summed E-state index contributed by atoms with van der Waals surface area (Å²) in [6.45, 7) is 1.21. The summed E-state index contributed by atoms with van der Waals surface area (Å²) in [6, 6.07) is 14.4. The van der Waals surface area contributed by atoms with Gasteiger partial charge in [-0.05, 0) is 48.2 Å². The van der Waals surface area contributed by atoms with Gasteiger partial charge < -0.3 is 15.2 Å². The average molecular weight is 346 g/mol. The summed E-state index contributed by atoms with van der Waals surface area (Å²) >= 11 is 5.99. The van der Waals surface area contributed by atoms with Gasteiger partial charge in [-0.2, -0.15) is 0 Å². The Bertz CT molecular complexity index is 709. The van der Waals surface area contributed by atoms with E-state index in [1.807, 2.05) is 30.3 Å². The SMILES string of the molecule is O=C(Cc1cccc(O)c1)NC1(c2ccc(Cl)cc2)CCOCC1. The molecule has 126 valence electrons. The fraction of sp³-hybridized carbons (Fsp3) is 0.316. The predicted molar refractivity (Wildman–Crippen MR) is 93.1 cm³/mol. The summed E-state index contributed by atoms with van der Waals surface area (Å²) in [5.41, 5.74) is 1.39. The Labute approximate surface area is 146 Å². The van der Waals surface area contributed by atoms with Crippen LogP contribution in [0.5, 0.6) is 5.75 Å². The Balaban J connectivity index is 1.79. The van der Waals surface area contributed by atoms with Gasteiger partial charge in [0, 0.05) is 18.2 Å². The first-order valence-corrected chi connectivity index (χ1v) is 8.38. The van der Waals surface area contributed by atoms with Gasteiger partial charge in [0.15, 0.2) is 0 Å². The minimum absolute atomic E-state index is 0.0718. The normalized spacial score (nSPS) is 16.5. The molecule has 4 nitrogen and oxygen atoms in total. The second-order valence-electron chi connectivity index (χ2n) is 6.10. The van der Waals surface area contributed by atoms with Gasteiger partial charge in [0.05, 0.1) is 12.0 Å². The van der Waals surface area contributed by atoms with Crippen molar-refractivity contribution in [1.29, 1.82) is 0 Å². The number of ether oxygens (including phenoxy) is 1. The minimum atomic E-state index is -0.434. The molecule has 3 rings (SSSR count). The standard InChI is InChI=1S/C19H20ClNO3/c20-16-6-4-15(5-7-16)19(8-10-24-11-9-19)21-18(23)13-14-2-1-3-17(22)12-14/h1-7,12,22H,8-11,13H2,(H,21,23). The van der Waals surface area contributed by atoms with Crippen LogP contribution in [0.2, 0.25) is 5.02 Å². The van der Waals surface area contributed by atoms with Crippen molar-refractivity contribution < 1.29 is 14.6 Å². The van der Waals surface area contributed by atoms with Gasteiger partial charge in [-0.1, -0.05) is 35.9 Å². The summed E-state index contributed by atoms with van der Waals surface area (Å²) < 4.78 is 5.48. The number of hydrogen-bond donors (Lipinski definition) is 2. The highest BCUT2D eigenvalue weighted by molar-refractivity contribution is 6.30. The number of phenolic OH excluding ortho intramolecular Hbond substituents is 1. The highest BCUT2D eigenvalue weighted by atomic mass is 35.5. The van der Waals surface area contributed by atoms with E-state index in [-0.39, 0.29) is 18.1 Å². The van der Waals surface area contributed by atoms with E-state index < -0.39 is 5.54 Å². The molecule has 5 heteroatoms. The van der Waals surface area contributed by atoms with E-state index in [0.717, 1.165) is 24.0 Å². The Morgan fingerprint density at radius 3 is 2.54 bits per heavy atom. The molecule has 0 spiro atoms. The molecule has 0 saturated carbocycles. The largest absolute Gasteiger partial charge is 0.508 e. The molecule has 2 aromatic rings. The zero-order valence-corrected chi connectivity index (χ0v) is 14.1. The Morgan fingerprint density at radius 2 is 1.88 bits per heavy atom. The first kappa shape index (κ1) is 16.8. The molecule has 0 aromatic heterocycles. The summed E-state index contributed by atoms with van der Waals surface area (Å²) in [6.07, 6.45) is 1.67. The van der Waals surface area contributed by atoms with Crippen LogP contribution < -0.4 is 5.32 Å². The van der Waals surface area contributed by atoms with Crippen LogP contribution in [0.15, 0.2) is 48.5 Å². The number of benzene rings is 2. The number of halogens is 1. The summed E-state index contributed by atoms with van der Waals surface area (Å²) in [4.78, 5) is 12.6. The molecule has 1 heterocycles. The maximum atomic E-state index is 12.6. The van der Waals surface area contributed by atoms with Crippen molar-refractivity contribution in [1.82, 2.24) is 5.32 Å². The van der Waals surface area contributed by atoms with Crippen molar-refractivity contribution in [2.45, 2.75) is 24.8 Å². The van der Waals surface area contributed by atoms with Crippen molar-refractivity contribution in [3.8, 4) is 5.75 Å². The molecule has 1 fully saturated rings. The van der Waals surface area contributed by atoms with E-state index in [1.165, 1.54) is 0 Å². The molecule has 2 N–H and O–H groups in total. The number of rotatable bonds is 4. The number of carbonyl (C=O) groups is 1. The van der Waals surface area contributed by atoms with Crippen LogP contribution in [0, 0.1) is 0 Å². The molecule has 0 radical (unpaired) electrons. The lowest BCUT2D eigenvalue weighted by Gasteiger charge is -2.38. The van der Waals surface area contributed by atoms with E-state index in [4.69, 9.17) is 16.3 Å². The molecule has 0 unspecified atom stereocenters. The van der Waals surface area contributed by atoms with E-state index >= 15 is 0 Å². The van der Waals surface area contributed by atoms with E-state index in [0.29, 0.717) is 18.2 Å². The second-order valence-corrected chi connectivity index (χ2v) is 6.53. The average Bonchev–Trinajstić information content (AvgIpc) is 2.56. The summed E-state index contributed by atoms with van der Waals surface area (Å²) in [5.74, 6) is 0.0937. The number of phenols is 1. The Morgan fingerprint density at radius 1 is 1.17 bits per heavy atom. The van der Waals surface area contributed by atoms with Crippen molar-refractivity contribution >= 4 is 17.5 Å². The molecule has 2 aromatic carbocycles. The second kappa shape index (κ2) is 7.24. The van der Waals surface area contributed by atoms with Crippen LogP contribution in [0.3, 0.4) is 0 Å². The van der Waals surface area contributed by atoms with Gasteiger partial charge >= 0.3 is 0 Å². The number of amides is 1. The Hall–Kier alpha value is -2.04. The van der Waals surface area contributed by atoms with Gasteiger partial charge in [0.25, 0.3) is 0 Å². The van der Waals surface area contributed by atoms with Gasteiger partial charge in [-0.15, -0.1) is 0 Å². The smallest absolute Gasteiger partial charge is 0.225 e. The number of aromatic hydroxyl groups is 1. The molecule has 24 heavy (non-hydrogen) atoms. The zero-order chi connectivity index (χ0) is 17.0. The number of nitrogens with one attached hydrogen (secondary N) is 1. The van der Waals surface area contributed by atoms with E-state index in [9.17, 15) is 9.90 Å². The maximum absolute atomic E-state index is 12.6. The molecule has 1 saturated heterocycles. The first-order valence-electron chi connectivity index (χ1n) is 8.00. The predicted octanol–water partition coefficient (Wildman–Crippen LogP) is 3.41. The lowest BCUT2D eigenvalue weighted by molar-refractivity contribution is -0.123. The van der Waals surface area contributed by atoms with Crippen molar-refractivity contribution in [3.05, 3.63) is 64.7 Å². The third-order valence-electron chi connectivity index (χ3n) is 4.40. The Kier molecular flexibility index (Phi) is 5.07. The molecular formula is C19H20ClNO3. The quantitative estimate of drug-likeness (QED) is 0.892. The third-order valence-corrected chi connectivity index (χ3v) is 4.65. The third kappa shape index (κ3) is 3.89. The van der Waals surface area contributed by atoms with Crippen molar-refractivity contribution in [2.75, 3.05) is 13.2 Å². The number of hydrogen-bond acceptors (Lipinski definition) is 3. The maximum Gasteiger partial charge on any atom is 0.225 e. The summed E-state index contributed by atoms with van der Waals surface area (Å²) in [5, 5.41) is 13.4. The van der Waals surface area contributed by atoms with E-state index in [1.54, 1.807) is 18.2 Å². The van der Waals surface area contributed by atoms with Gasteiger partial charge in [0.2, 0.25) is 5.91 Å². The fourth-order valence-electron chi connectivity index (χ4n) is 3.14. The topological polar surface area (TPSA) is 58.6 Å². The highest BCUT2D eigenvalue weighted by Crippen LogP contribution is 2.33. The van der Waals surface area contributed by atoms with Crippen LogP contribution in [-0.4, -0.2) is 24.2 Å². The zero-order valence-electron chi connectivity index (χ0n) is 13.3. The molecule has 1 amide bonds. The molecule has 1 aliphatic rings. The van der Waals surface area contributed by atoms with Crippen molar-refractivity contribution in [3.63, 3.8) is 0 Å². The fourth-order valence-corrected chi connectivity index (χ4v) is 3.26. The van der Waals surface area contributed by atoms with Crippen LogP contribution >= 0.6 is 11.6 Å². The van der Waals surface area contributed by atoms with Gasteiger partial charge in [0.1, 0.15) is 5.75 Å². The highest BCUT2D eigenvalue weighted by Gasteiger charge is 2.35. The van der Waals surface area contributed by atoms with Crippen LogP contribution in [0.1, 0.15) is 24.0 Å². The molecule has 1 aliphatic heterocycles. The van der Waals surface area contributed by atoms with Crippen LogP contribution in [0.25, 0.3) is 0 Å². The lowest BCUT2D eigenvalue weighted by atomic mass is 9.82. The monoisotopic (exact) mass is 345 g/mol. The minimum Gasteiger partial charge on any atom is -0.508 e. The van der Waals surface area contributed by atoms with E-state index in [2.05, 4.69) is 5.32 Å². The molecule has 0 bridgehead atoms. The molecule has 0 aliphatic carbocycles. The van der Waals surface area contributed by atoms with Gasteiger partial charge in [-0.3, -0.25) is 4.79 Å². The van der Waals surface area contributed by atoms with Crippen molar-refractivity contribution in [2.24, 2.45) is 0 Å². The molecular weight excluding hydrogens is 326 g/mol. The number of carbonyl (C=O) groups excluding carboxylic acids is 1. The lowest BCUT2D eigenvalue weighted by Crippen LogP contribution is -2.50. The molecule has 0 atom stereocenters.